The second-order valence-corrected chi connectivity index (χ2v) is 16.0. The number of halogens is 3. The number of hydrogen-bond donors (Lipinski definition) is 1. The Hall–Kier alpha value is -2.69. The minimum atomic E-state index is -4.95. The number of fused-ring (bicyclic) bond motifs is 1. The van der Waals surface area contributed by atoms with Gasteiger partial charge in [-0.15, -0.1) is 0 Å². The van der Waals surface area contributed by atoms with Crippen molar-refractivity contribution in [3.05, 3.63) is 11.9 Å². The Labute approximate surface area is 223 Å². The van der Waals surface area contributed by atoms with Crippen LogP contribution in [0.4, 0.5) is 24.8 Å². The van der Waals surface area contributed by atoms with E-state index in [0.29, 0.717) is 30.4 Å². The van der Waals surface area contributed by atoms with Gasteiger partial charge < -0.3 is 24.3 Å². The second kappa shape index (κ2) is 11.6. The molecule has 0 spiro atoms. The number of ether oxygens (including phenoxy) is 1. The maximum atomic E-state index is 12.5. The molecule has 0 aliphatic carbocycles. The van der Waals surface area contributed by atoms with E-state index in [-0.39, 0.29) is 17.4 Å². The molecule has 1 amide bonds. The lowest BCUT2D eigenvalue weighted by Gasteiger charge is -2.37. The van der Waals surface area contributed by atoms with Crippen molar-refractivity contribution in [2.75, 3.05) is 38.7 Å². The van der Waals surface area contributed by atoms with Gasteiger partial charge in [0.1, 0.15) is 18.4 Å². The van der Waals surface area contributed by atoms with Crippen LogP contribution in [0.15, 0.2) is 11.3 Å². The Morgan fingerprint density at radius 2 is 2.03 bits per heavy atom. The fourth-order valence-electron chi connectivity index (χ4n) is 3.89. The number of rotatable bonds is 7. The first-order chi connectivity index (χ1) is 17.6. The number of carbonyl (C=O) groups excluding carboxylic acids is 1. The predicted octanol–water partition coefficient (Wildman–Crippen LogP) is 3.81. The van der Waals surface area contributed by atoms with E-state index in [4.69, 9.17) is 9.16 Å². The zero-order valence-corrected chi connectivity index (χ0v) is 24.0. The molecule has 210 valence electrons. The highest BCUT2D eigenvalue weighted by molar-refractivity contribution is 6.74. The number of aromatic nitrogens is 2. The molecule has 0 saturated carbocycles. The highest BCUT2D eigenvalue weighted by atomic mass is 28.4. The van der Waals surface area contributed by atoms with Crippen LogP contribution >= 0.6 is 0 Å². The molecule has 1 saturated heterocycles. The molecule has 1 unspecified atom stereocenters. The molecule has 3 rings (SSSR count). The van der Waals surface area contributed by atoms with Crippen molar-refractivity contribution in [1.29, 1.82) is 0 Å². The monoisotopic (exact) mass is 554 g/mol. The van der Waals surface area contributed by atoms with Crippen molar-refractivity contribution in [2.24, 2.45) is 4.99 Å². The first-order valence-corrected chi connectivity index (χ1v) is 15.5. The first kappa shape index (κ1) is 29.9. The number of carbonyl (C=O) groups is 1. The van der Waals surface area contributed by atoms with E-state index in [1.54, 1.807) is 16.6 Å². The van der Waals surface area contributed by atoms with Gasteiger partial charge in [0.15, 0.2) is 14.1 Å². The van der Waals surface area contributed by atoms with Gasteiger partial charge in [-0.25, -0.2) is 15.0 Å². The van der Waals surface area contributed by atoms with Gasteiger partial charge in [-0.2, -0.15) is 13.2 Å². The number of nitrogens with one attached hydrogen (secondary N) is 1. The molecule has 38 heavy (non-hydrogen) atoms. The van der Waals surface area contributed by atoms with Crippen molar-refractivity contribution in [3.63, 3.8) is 0 Å². The summed E-state index contributed by atoms with van der Waals surface area (Å²) in [4.78, 5) is 28.1. The van der Waals surface area contributed by atoms with Gasteiger partial charge >= 0.3 is 12.1 Å². The SMILES string of the molecule is CN(C)C=Nc1ncnc2c1C(C#CCNC(=O)C(F)(F)F)CN2[C@H]1CC[C@@H](CO[Si](C)(C)C(C)(C)C)O1. The molecule has 3 heterocycles. The van der Waals surface area contributed by atoms with Crippen LogP contribution in [0.2, 0.25) is 18.1 Å². The summed E-state index contributed by atoms with van der Waals surface area (Å²) in [5, 5.41) is 1.88. The van der Waals surface area contributed by atoms with Crippen molar-refractivity contribution in [2.45, 2.75) is 76.2 Å². The fourth-order valence-corrected chi connectivity index (χ4v) is 4.93. The molecular weight excluding hydrogens is 517 g/mol. The third-order valence-corrected chi connectivity index (χ3v) is 11.5. The Balaban J connectivity index is 1.77. The van der Waals surface area contributed by atoms with Crippen LogP contribution in [0.1, 0.15) is 45.1 Å². The van der Waals surface area contributed by atoms with E-state index < -0.39 is 32.9 Å². The van der Waals surface area contributed by atoms with Crippen molar-refractivity contribution in [1.82, 2.24) is 20.2 Å². The lowest BCUT2D eigenvalue weighted by atomic mass is 10.0. The molecule has 0 aromatic carbocycles. The molecule has 1 aromatic rings. The minimum absolute atomic E-state index is 0.0478. The van der Waals surface area contributed by atoms with E-state index in [9.17, 15) is 18.0 Å². The summed E-state index contributed by atoms with van der Waals surface area (Å²) < 4.78 is 50.2. The van der Waals surface area contributed by atoms with Crippen molar-refractivity contribution >= 4 is 32.2 Å². The number of alkyl halides is 3. The van der Waals surface area contributed by atoms with Gasteiger partial charge in [-0.1, -0.05) is 32.6 Å². The number of nitrogens with zero attached hydrogens (tertiary/aromatic N) is 5. The average molecular weight is 555 g/mol. The van der Waals surface area contributed by atoms with Gasteiger partial charge in [0.25, 0.3) is 0 Å². The van der Waals surface area contributed by atoms with Crippen LogP contribution < -0.4 is 10.2 Å². The van der Waals surface area contributed by atoms with E-state index in [1.165, 1.54) is 6.33 Å². The molecular formula is C25H37F3N6O3Si. The van der Waals surface area contributed by atoms with Gasteiger partial charge in [-0.3, -0.25) is 4.79 Å². The summed E-state index contributed by atoms with van der Waals surface area (Å²) in [6.45, 7) is 11.5. The smallest absolute Gasteiger partial charge is 0.414 e. The zero-order valence-electron chi connectivity index (χ0n) is 23.0. The summed E-state index contributed by atoms with van der Waals surface area (Å²) in [7, 11) is 1.75. The summed E-state index contributed by atoms with van der Waals surface area (Å²) in [5.74, 6) is 4.26. The number of amides is 1. The van der Waals surface area contributed by atoms with Crippen LogP contribution in [0, 0.1) is 11.8 Å². The number of aliphatic imine (C=N–C) groups is 1. The van der Waals surface area contributed by atoms with Crippen LogP contribution in [0.5, 0.6) is 0 Å². The average Bonchev–Trinajstić information content (AvgIpc) is 3.42. The summed E-state index contributed by atoms with van der Waals surface area (Å²) in [6.07, 6.45) is -0.604. The second-order valence-electron chi connectivity index (χ2n) is 11.2. The third-order valence-electron chi connectivity index (χ3n) is 6.99. The highest BCUT2D eigenvalue weighted by Crippen LogP contribution is 2.43. The molecule has 2 aliphatic rings. The number of anilines is 1. The van der Waals surface area contributed by atoms with E-state index in [0.717, 1.165) is 12.8 Å². The Bertz CT molecular complexity index is 1090. The normalized spacial score (nSPS) is 21.8. The van der Waals surface area contributed by atoms with Gasteiger partial charge in [0, 0.05) is 20.6 Å². The Kier molecular flexibility index (Phi) is 9.11. The third kappa shape index (κ3) is 7.24. The summed E-state index contributed by atoms with van der Waals surface area (Å²) >= 11 is 0. The van der Waals surface area contributed by atoms with Gasteiger partial charge in [0.2, 0.25) is 0 Å². The molecule has 0 radical (unpaired) electrons. The summed E-state index contributed by atoms with van der Waals surface area (Å²) in [6, 6.07) is 0. The molecule has 0 bridgehead atoms. The maximum absolute atomic E-state index is 12.5. The van der Waals surface area contributed by atoms with E-state index in [1.807, 2.05) is 19.0 Å². The molecule has 1 N–H and O–H groups in total. The topological polar surface area (TPSA) is 92.2 Å². The first-order valence-electron chi connectivity index (χ1n) is 12.5. The largest absolute Gasteiger partial charge is 0.471 e. The molecule has 13 heteroatoms. The highest BCUT2D eigenvalue weighted by Gasteiger charge is 2.42. The fraction of sp³-hybridized carbons (Fsp3) is 0.680. The lowest BCUT2D eigenvalue weighted by Crippen LogP contribution is -2.43. The van der Waals surface area contributed by atoms with E-state index in [2.05, 4.69) is 60.7 Å². The molecule has 1 aromatic heterocycles. The Morgan fingerprint density at radius 3 is 2.66 bits per heavy atom. The molecule has 3 atom stereocenters. The quantitative estimate of drug-likeness (QED) is 0.237. The maximum Gasteiger partial charge on any atom is 0.471 e. The van der Waals surface area contributed by atoms with E-state index >= 15 is 0 Å². The standard InChI is InChI=1S/C25H37F3N6O3Si/c1-24(2,3)38(6,7)36-14-18-10-11-19(37-18)34-13-17(9-8-12-29-23(35)25(26,27)28)20-21(32-16-33(4)5)30-15-31-22(20)34/h15-19H,10-14H2,1-7H3,(H,29,35)/t17?,18-,19+/m0/s1. The minimum Gasteiger partial charge on any atom is -0.414 e. The summed E-state index contributed by atoms with van der Waals surface area (Å²) in [5.41, 5.74) is 0.685. The van der Waals surface area contributed by atoms with Crippen molar-refractivity contribution < 1.29 is 27.1 Å². The number of hydrogen-bond acceptors (Lipinski definition) is 7. The van der Waals surface area contributed by atoms with Crippen LogP contribution in [-0.4, -0.2) is 87.7 Å². The molecule has 9 nitrogen and oxygen atoms in total. The zero-order chi connectivity index (χ0) is 28.3. The van der Waals surface area contributed by atoms with Crippen LogP contribution in [-0.2, 0) is 14.0 Å². The van der Waals surface area contributed by atoms with Crippen LogP contribution in [0.3, 0.4) is 0 Å². The van der Waals surface area contributed by atoms with Gasteiger partial charge in [0.05, 0.1) is 37.1 Å². The van der Waals surface area contributed by atoms with Gasteiger partial charge in [-0.05, 0) is 31.0 Å². The molecule has 1 fully saturated rings. The molecule has 2 aliphatic heterocycles. The van der Waals surface area contributed by atoms with Crippen molar-refractivity contribution in [3.8, 4) is 11.8 Å². The lowest BCUT2D eigenvalue weighted by molar-refractivity contribution is -0.173. The predicted molar refractivity (Wildman–Crippen MR) is 142 cm³/mol. The Morgan fingerprint density at radius 1 is 1.32 bits per heavy atom. The van der Waals surface area contributed by atoms with Crippen LogP contribution in [0.25, 0.3) is 0 Å².